The number of rotatable bonds is 3. The van der Waals surface area contributed by atoms with Crippen molar-refractivity contribution in [2.24, 2.45) is 0 Å². The average molecular weight is 381 g/mol. The van der Waals surface area contributed by atoms with Crippen molar-refractivity contribution in [3.8, 4) is 10.6 Å². The molecule has 0 spiro atoms. The fourth-order valence-corrected chi connectivity index (χ4v) is 3.64. The van der Waals surface area contributed by atoms with E-state index < -0.39 is 0 Å². The molecule has 0 bridgehead atoms. The number of nitrogens with one attached hydrogen (secondary N) is 1. The van der Waals surface area contributed by atoms with Gasteiger partial charge < -0.3 is 0 Å². The minimum Gasteiger partial charge on any atom is -0.290 e. The number of amides is 1. The molecule has 7 heteroatoms. The molecule has 4 aromatic rings. The first-order valence-corrected chi connectivity index (χ1v) is 9.05. The van der Waals surface area contributed by atoms with Gasteiger partial charge in [-0.25, -0.2) is 15.0 Å². The van der Waals surface area contributed by atoms with Crippen LogP contribution in [0.25, 0.3) is 21.5 Å². The van der Waals surface area contributed by atoms with E-state index in [1.165, 1.54) is 11.3 Å². The summed E-state index contributed by atoms with van der Waals surface area (Å²) in [6, 6.07) is 13.0. The molecule has 0 saturated carbocycles. The number of aromatic nitrogens is 3. The third-order valence-corrected chi connectivity index (χ3v) is 5.08. The lowest BCUT2D eigenvalue weighted by Gasteiger charge is -2.10. The maximum atomic E-state index is 12.9. The van der Waals surface area contributed by atoms with Crippen molar-refractivity contribution in [1.82, 2.24) is 15.0 Å². The Labute approximate surface area is 158 Å². The molecule has 26 heavy (non-hydrogen) atoms. The van der Waals surface area contributed by atoms with E-state index in [9.17, 15) is 4.79 Å². The van der Waals surface area contributed by atoms with Gasteiger partial charge in [-0.1, -0.05) is 23.2 Å². The van der Waals surface area contributed by atoms with Crippen LogP contribution >= 0.6 is 22.9 Å². The van der Waals surface area contributed by atoms with Crippen molar-refractivity contribution in [1.29, 1.82) is 0 Å². The predicted molar refractivity (Wildman–Crippen MR) is 105 cm³/mol. The van der Waals surface area contributed by atoms with Crippen molar-refractivity contribution in [3.05, 3.63) is 70.3 Å². The number of pyridine rings is 1. The molecule has 3 aromatic heterocycles. The van der Waals surface area contributed by atoms with Crippen LogP contribution in [-0.2, 0) is 0 Å². The molecule has 1 N–H and O–H groups in total. The summed E-state index contributed by atoms with van der Waals surface area (Å²) in [6.07, 6.45) is 3.16. The fraction of sp³-hybridized carbons (Fsp3) is 0.0526. The van der Waals surface area contributed by atoms with Gasteiger partial charge in [0.05, 0.1) is 26.0 Å². The van der Waals surface area contributed by atoms with Crippen molar-refractivity contribution in [2.75, 3.05) is 5.32 Å². The first-order valence-electron chi connectivity index (χ1n) is 7.85. The van der Waals surface area contributed by atoms with Gasteiger partial charge in [-0.05, 0) is 43.3 Å². The summed E-state index contributed by atoms with van der Waals surface area (Å²) in [5.41, 5.74) is 3.02. The Kier molecular flexibility index (Phi) is 4.36. The Hall–Kier alpha value is -2.83. The summed E-state index contributed by atoms with van der Waals surface area (Å²) in [7, 11) is 0. The van der Waals surface area contributed by atoms with Crippen molar-refractivity contribution >= 4 is 45.7 Å². The van der Waals surface area contributed by atoms with Gasteiger partial charge in [0.25, 0.3) is 5.91 Å². The second kappa shape index (κ2) is 6.82. The SMILES string of the molecule is Cc1ccc2nc(-c3ccc(Cl)s3)cc(C(=O)Nc3ncccn3)c2c1. The normalized spacial score (nSPS) is 10.8. The van der Waals surface area contributed by atoms with E-state index in [0.29, 0.717) is 15.6 Å². The molecule has 1 aromatic carbocycles. The number of anilines is 1. The van der Waals surface area contributed by atoms with Crippen molar-refractivity contribution < 1.29 is 4.79 Å². The minimum absolute atomic E-state index is 0.260. The van der Waals surface area contributed by atoms with Crippen molar-refractivity contribution in [3.63, 3.8) is 0 Å². The van der Waals surface area contributed by atoms with Crippen LogP contribution in [0.1, 0.15) is 15.9 Å². The van der Waals surface area contributed by atoms with Gasteiger partial charge in [0, 0.05) is 17.8 Å². The number of carbonyl (C=O) groups is 1. The van der Waals surface area contributed by atoms with Crippen LogP contribution in [0.15, 0.2) is 54.9 Å². The van der Waals surface area contributed by atoms with Gasteiger partial charge >= 0.3 is 0 Å². The summed E-state index contributed by atoms with van der Waals surface area (Å²) < 4.78 is 0.675. The van der Waals surface area contributed by atoms with Gasteiger partial charge in [-0.3, -0.25) is 10.1 Å². The number of thiophene rings is 1. The highest BCUT2D eigenvalue weighted by molar-refractivity contribution is 7.19. The van der Waals surface area contributed by atoms with Gasteiger partial charge in [0.15, 0.2) is 0 Å². The fourth-order valence-electron chi connectivity index (χ4n) is 2.64. The van der Waals surface area contributed by atoms with E-state index in [0.717, 1.165) is 21.3 Å². The molecule has 128 valence electrons. The topological polar surface area (TPSA) is 67.8 Å². The first kappa shape index (κ1) is 16.6. The number of nitrogens with zero attached hydrogens (tertiary/aromatic N) is 3. The Morgan fingerprint density at radius 2 is 1.92 bits per heavy atom. The van der Waals surface area contributed by atoms with E-state index in [2.05, 4.69) is 15.3 Å². The molecule has 0 radical (unpaired) electrons. The number of halogens is 1. The highest BCUT2D eigenvalue weighted by Gasteiger charge is 2.16. The minimum atomic E-state index is -0.280. The second-order valence-corrected chi connectivity index (χ2v) is 7.42. The maximum Gasteiger partial charge on any atom is 0.258 e. The molecule has 4 rings (SSSR count). The molecule has 3 heterocycles. The largest absolute Gasteiger partial charge is 0.290 e. The molecular weight excluding hydrogens is 368 g/mol. The van der Waals surface area contributed by atoms with Crippen LogP contribution in [-0.4, -0.2) is 20.9 Å². The average Bonchev–Trinajstić information content (AvgIpc) is 3.08. The van der Waals surface area contributed by atoms with Gasteiger partial charge in [0.1, 0.15) is 0 Å². The first-order chi connectivity index (χ1) is 12.6. The molecular formula is C19H13ClN4OS. The van der Waals surface area contributed by atoms with E-state index in [-0.39, 0.29) is 11.9 Å². The zero-order chi connectivity index (χ0) is 18.1. The molecule has 5 nitrogen and oxygen atoms in total. The summed E-state index contributed by atoms with van der Waals surface area (Å²) in [5, 5.41) is 3.52. The number of aryl methyl sites for hydroxylation is 1. The Balaban J connectivity index is 1.85. The number of fused-ring (bicyclic) bond motifs is 1. The van der Waals surface area contributed by atoms with Crippen LogP contribution in [0.5, 0.6) is 0 Å². The zero-order valence-electron chi connectivity index (χ0n) is 13.7. The molecule has 0 aliphatic rings. The number of carbonyl (C=O) groups excluding carboxylic acids is 1. The maximum absolute atomic E-state index is 12.9. The van der Waals surface area contributed by atoms with E-state index >= 15 is 0 Å². The summed E-state index contributed by atoms with van der Waals surface area (Å²) in [4.78, 5) is 26.6. The van der Waals surface area contributed by atoms with E-state index in [1.54, 1.807) is 24.5 Å². The third kappa shape index (κ3) is 3.29. The molecule has 1 amide bonds. The second-order valence-electron chi connectivity index (χ2n) is 5.71. The Morgan fingerprint density at radius 3 is 2.65 bits per heavy atom. The lowest BCUT2D eigenvalue weighted by molar-refractivity contribution is 0.102. The summed E-state index contributed by atoms with van der Waals surface area (Å²) >= 11 is 7.48. The number of hydrogen-bond acceptors (Lipinski definition) is 5. The Bertz CT molecular complexity index is 1110. The lowest BCUT2D eigenvalue weighted by atomic mass is 10.0. The summed E-state index contributed by atoms with van der Waals surface area (Å²) in [6.45, 7) is 1.98. The van der Waals surface area contributed by atoms with Crippen LogP contribution in [0, 0.1) is 6.92 Å². The van der Waals surface area contributed by atoms with Crippen LogP contribution in [0.3, 0.4) is 0 Å². The molecule has 0 aliphatic heterocycles. The number of hydrogen-bond donors (Lipinski definition) is 1. The highest BCUT2D eigenvalue weighted by Crippen LogP contribution is 2.32. The molecule has 0 aliphatic carbocycles. The highest BCUT2D eigenvalue weighted by atomic mass is 35.5. The van der Waals surface area contributed by atoms with Crippen LogP contribution in [0.2, 0.25) is 4.34 Å². The van der Waals surface area contributed by atoms with E-state index in [1.807, 2.05) is 37.3 Å². The predicted octanol–water partition coefficient (Wildman–Crippen LogP) is 4.97. The van der Waals surface area contributed by atoms with Crippen LogP contribution < -0.4 is 5.32 Å². The standard InChI is InChI=1S/C19H13ClN4OS/c1-11-3-4-14-12(9-11)13(18(25)24-19-21-7-2-8-22-19)10-15(23-14)16-5-6-17(20)26-16/h2-10H,1H3,(H,21,22,24,25). The number of benzene rings is 1. The zero-order valence-corrected chi connectivity index (χ0v) is 15.3. The van der Waals surface area contributed by atoms with Gasteiger partial charge in [-0.2, -0.15) is 0 Å². The monoisotopic (exact) mass is 380 g/mol. The molecule has 0 saturated heterocycles. The molecule has 0 fully saturated rings. The smallest absolute Gasteiger partial charge is 0.258 e. The van der Waals surface area contributed by atoms with Crippen LogP contribution in [0.4, 0.5) is 5.95 Å². The molecule has 0 unspecified atom stereocenters. The lowest BCUT2D eigenvalue weighted by Crippen LogP contribution is -2.15. The van der Waals surface area contributed by atoms with Gasteiger partial charge in [0.2, 0.25) is 5.95 Å². The third-order valence-electron chi connectivity index (χ3n) is 3.83. The quantitative estimate of drug-likeness (QED) is 0.545. The van der Waals surface area contributed by atoms with Gasteiger partial charge in [-0.15, -0.1) is 11.3 Å². The van der Waals surface area contributed by atoms with Crippen molar-refractivity contribution in [2.45, 2.75) is 6.92 Å². The summed E-state index contributed by atoms with van der Waals surface area (Å²) in [5.74, 6) is -0.0195. The van der Waals surface area contributed by atoms with E-state index in [4.69, 9.17) is 16.6 Å². The molecule has 0 atom stereocenters. The Morgan fingerprint density at radius 1 is 1.12 bits per heavy atom.